The van der Waals surface area contributed by atoms with Crippen LogP contribution in [0.15, 0.2) is 36.4 Å². The number of benzene rings is 2. The van der Waals surface area contributed by atoms with Crippen LogP contribution in [0.4, 0.5) is 4.39 Å². The van der Waals surface area contributed by atoms with Gasteiger partial charge in [-0.15, -0.1) is 0 Å². The molecule has 0 aliphatic carbocycles. The second kappa shape index (κ2) is 5.61. The molecule has 0 spiro atoms. The standard InChI is InChI=1S/C16H15FO4/c1-19-14-7-11(8-15-16(14)21-9-20-15)13(18)6-10-4-2-3-5-12(10)17/h2-5,7-8,13,18H,6,9H2,1H3. The first-order valence-corrected chi connectivity index (χ1v) is 6.58. The summed E-state index contributed by atoms with van der Waals surface area (Å²) in [5.41, 5.74) is 1.06. The second-order valence-electron chi connectivity index (χ2n) is 4.77. The molecule has 0 bridgehead atoms. The Hall–Kier alpha value is -2.27. The molecule has 110 valence electrons. The summed E-state index contributed by atoms with van der Waals surface area (Å²) in [6.45, 7) is 0.124. The molecule has 4 nitrogen and oxygen atoms in total. The van der Waals surface area contributed by atoms with Crippen molar-refractivity contribution in [3.05, 3.63) is 53.3 Å². The van der Waals surface area contributed by atoms with Crippen LogP contribution in [0.2, 0.25) is 0 Å². The Bertz CT molecular complexity index is 657. The zero-order chi connectivity index (χ0) is 14.8. The topological polar surface area (TPSA) is 47.9 Å². The van der Waals surface area contributed by atoms with Crippen LogP contribution < -0.4 is 14.2 Å². The van der Waals surface area contributed by atoms with Gasteiger partial charge in [-0.2, -0.15) is 0 Å². The van der Waals surface area contributed by atoms with Gasteiger partial charge in [0.05, 0.1) is 13.2 Å². The molecule has 0 amide bonds. The highest BCUT2D eigenvalue weighted by Gasteiger charge is 2.22. The number of methoxy groups -OCH3 is 1. The van der Waals surface area contributed by atoms with Gasteiger partial charge < -0.3 is 19.3 Å². The van der Waals surface area contributed by atoms with Crippen LogP contribution in [0, 0.1) is 5.82 Å². The molecule has 3 rings (SSSR count). The largest absolute Gasteiger partial charge is 0.493 e. The SMILES string of the molecule is COc1cc(C(O)Cc2ccccc2F)cc2c1OCO2. The Labute approximate surface area is 121 Å². The molecule has 2 aromatic carbocycles. The summed E-state index contributed by atoms with van der Waals surface area (Å²) >= 11 is 0. The van der Waals surface area contributed by atoms with Gasteiger partial charge in [-0.3, -0.25) is 0 Å². The van der Waals surface area contributed by atoms with Gasteiger partial charge in [-0.1, -0.05) is 18.2 Å². The molecule has 0 aromatic heterocycles. The van der Waals surface area contributed by atoms with Gasteiger partial charge in [-0.05, 0) is 29.3 Å². The molecule has 1 unspecified atom stereocenters. The van der Waals surface area contributed by atoms with Crippen molar-refractivity contribution < 1.29 is 23.7 Å². The molecule has 0 saturated heterocycles. The molecule has 1 heterocycles. The number of ether oxygens (including phenoxy) is 3. The molecule has 1 N–H and O–H groups in total. The van der Waals surface area contributed by atoms with Gasteiger partial charge in [0.15, 0.2) is 11.5 Å². The second-order valence-corrected chi connectivity index (χ2v) is 4.77. The summed E-state index contributed by atoms with van der Waals surface area (Å²) in [5.74, 6) is 1.22. The zero-order valence-electron chi connectivity index (χ0n) is 11.5. The van der Waals surface area contributed by atoms with E-state index in [1.54, 1.807) is 30.3 Å². The monoisotopic (exact) mass is 290 g/mol. The molecule has 2 aromatic rings. The lowest BCUT2D eigenvalue weighted by Gasteiger charge is -2.14. The molecular weight excluding hydrogens is 275 g/mol. The third kappa shape index (κ3) is 2.64. The summed E-state index contributed by atoms with van der Waals surface area (Å²) in [7, 11) is 1.52. The number of hydrogen-bond acceptors (Lipinski definition) is 4. The van der Waals surface area contributed by atoms with Crippen molar-refractivity contribution in [2.45, 2.75) is 12.5 Å². The van der Waals surface area contributed by atoms with Crippen molar-refractivity contribution in [3.8, 4) is 17.2 Å². The number of rotatable bonds is 4. The minimum atomic E-state index is -0.856. The van der Waals surface area contributed by atoms with E-state index in [4.69, 9.17) is 14.2 Å². The summed E-state index contributed by atoms with van der Waals surface area (Å²) < 4.78 is 29.5. The summed E-state index contributed by atoms with van der Waals surface area (Å²) in [4.78, 5) is 0. The highest BCUT2D eigenvalue weighted by atomic mass is 19.1. The van der Waals surface area contributed by atoms with Crippen LogP contribution in [0.5, 0.6) is 17.2 Å². The van der Waals surface area contributed by atoms with E-state index in [9.17, 15) is 9.50 Å². The summed E-state index contributed by atoms with van der Waals surface area (Å²) in [6, 6.07) is 9.76. The van der Waals surface area contributed by atoms with Crippen molar-refractivity contribution in [2.24, 2.45) is 0 Å². The molecule has 0 fully saturated rings. The molecule has 1 aliphatic heterocycles. The highest BCUT2D eigenvalue weighted by molar-refractivity contribution is 5.55. The predicted octanol–water partition coefficient (Wildman–Crippen LogP) is 2.84. The van der Waals surface area contributed by atoms with Gasteiger partial charge >= 0.3 is 0 Å². The molecular formula is C16H15FO4. The van der Waals surface area contributed by atoms with Crippen molar-refractivity contribution >= 4 is 0 Å². The number of halogens is 1. The van der Waals surface area contributed by atoms with Crippen LogP contribution >= 0.6 is 0 Å². The Kier molecular flexibility index (Phi) is 3.66. The van der Waals surface area contributed by atoms with Gasteiger partial charge in [0.2, 0.25) is 12.5 Å². The third-order valence-electron chi connectivity index (χ3n) is 3.44. The minimum absolute atomic E-state index is 0.124. The van der Waals surface area contributed by atoms with E-state index in [0.717, 1.165) is 0 Å². The number of aliphatic hydroxyl groups is 1. The van der Waals surface area contributed by atoms with E-state index < -0.39 is 6.10 Å². The van der Waals surface area contributed by atoms with Crippen molar-refractivity contribution in [3.63, 3.8) is 0 Å². The van der Waals surface area contributed by atoms with Crippen molar-refractivity contribution in [1.82, 2.24) is 0 Å². The first kappa shape index (κ1) is 13.7. The first-order valence-electron chi connectivity index (χ1n) is 6.58. The highest BCUT2D eigenvalue weighted by Crippen LogP contribution is 2.43. The van der Waals surface area contributed by atoms with Gasteiger partial charge in [0.25, 0.3) is 0 Å². The van der Waals surface area contributed by atoms with Crippen LogP contribution in [-0.4, -0.2) is 19.0 Å². The van der Waals surface area contributed by atoms with Crippen LogP contribution in [0.3, 0.4) is 0 Å². The molecule has 21 heavy (non-hydrogen) atoms. The van der Waals surface area contributed by atoms with E-state index in [2.05, 4.69) is 0 Å². The van der Waals surface area contributed by atoms with Crippen LogP contribution in [0.25, 0.3) is 0 Å². The van der Waals surface area contributed by atoms with Gasteiger partial charge in [0.1, 0.15) is 5.82 Å². The fourth-order valence-corrected chi connectivity index (χ4v) is 2.33. The lowest BCUT2D eigenvalue weighted by Crippen LogP contribution is -2.04. The number of fused-ring (bicyclic) bond motifs is 1. The molecule has 5 heteroatoms. The zero-order valence-corrected chi connectivity index (χ0v) is 11.5. The number of aliphatic hydroxyl groups excluding tert-OH is 1. The Morgan fingerprint density at radius 3 is 2.86 bits per heavy atom. The van der Waals surface area contributed by atoms with E-state index in [0.29, 0.717) is 28.4 Å². The quantitative estimate of drug-likeness (QED) is 0.940. The van der Waals surface area contributed by atoms with Gasteiger partial charge in [-0.25, -0.2) is 4.39 Å². The van der Waals surface area contributed by atoms with Crippen LogP contribution in [-0.2, 0) is 6.42 Å². The average molecular weight is 290 g/mol. The van der Waals surface area contributed by atoms with E-state index in [-0.39, 0.29) is 19.0 Å². The Balaban J connectivity index is 1.88. The van der Waals surface area contributed by atoms with Crippen LogP contribution in [0.1, 0.15) is 17.2 Å². The smallest absolute Gasteiger partial charge is 0.231 e. The lowest BCUT2D eigenvalue weighted by molar-refractivity contribution is 0.170. The summed E-state index contributed by atoms with van der Waals surface area (Å²) in [5, 5.41) is 10.3. The van der Waals surface area contributed by atoms with E-state index in [1.807, 2.05) is 0 Å². The predicted molar refractivity (Wildman–Crippen MR) is 74.2 cm³/mol. The Morgan fingerprint density at radius 1 is 1.29 bits per heavy atom. The normalized spacial score (nSPS) is 14.0. The molecule has 1 aliphatic rings. The molecule has 1 atom stereocenters. The van der Waals surface area contributed by atoms with Crippen molar-refractivity contribution in [1.29, 1.82) is 0 Å². The van der Waals surface area contributed by atoms with Gasteiger partial charge in [0, 0.05) is 6.42 Å². The number of hydrogen-bond donors (Lipinski definition) is 1. The van der Waals surface area contributed by atoms with E-state index >= 15 is 0 Å². The maximum atomic E-state index is 13.7. The fraction of sp³-hybridized carbons (Fsp3) is 0.250. The van der Waals surface area contributed by atoms with E-state index in [1.165, 1.54) is 13.2 Å². The Morgan fingerprint density at radius 2 is 2.10 bits per heavy atom. The van der Waals surface area contributed by atoms with Crippen molar-refractivity contribution in [2.75, 3.05) is 13.9 Å². The lowest BCUT2D eigenvalue weighted by atomic mass is 10.0. The fourth-order valence-electron chi connectivity index (χ4n) is 2.33. The molecule has 0 radical (unpaired) electrons. The first-order chi connectivity index (χ1) is 10.2. The maximum Gasteiger partial charge on any atom is 0.231 e. The average Bonchev–Trinajstić information content (AvgIpc) is 2.97. The molecule has 0 saturated carbocycles. The minimum Gasteiger partial charge on any atom is -0.493 e. The third-order valence-corrected chi connectivity index (χ3v) is 3.44. The maximum absolute atomic E-state index is 13.7. The summed E-state index contributed by atoms with van der Waals surface area (Å²) in [6.07, 6.45) is -0.680.